The summed E-state index contributed by atoms with van der Waals surface area (Å²) < 4.78 is 16.3. The normalized spacial score (nSPS) is 9.69. The second-order valence-electron chi connectivity index (χ2n) is 1.96. The molecule has 7 heteroatoms. The average molecular weight is 251 g/mol. The number of aromatic nitrogens is 1. The van der Waals surface area contributed by atoms with Crippen molar-refractivity contribution in [3.8, 4) is 5.88 Å². The van der Waals surface area contributed by atoms with Gasteiger partial charge in [-0.05, 0) is 22.0 Å². The quantitative estimate of drug-likeness (QED) is 0.609. The van der Waals surface area contributed by atoms with E-state index in [-0.39, 0.29) is 16.0 Å². The highest BCUT2D eigenvalue weighted by Gasteiger charge is 2.20. The van der Waals surface area contributed by atoms with E-state index < -0.39 is 11.8 Å². The lowest BCUT2D eigenvalue weighted by Crippen LogP contribution is -1.99. The molecule has 1 aromatic rings. The molecule has 0 atom stereocenters. The van der Waals surface area contributed by atoms with Crippen molar-refractivity contribution in [2.75, 3.05) is 6.86 Å². The number of nitrogens with zero attached hydrogens (tertiary/aromatic N) is 2. The maximum absolute atomic E-state index is 11.8. The van der Waals surface area contributed by atoms with Crippen LogP contribution in [0.2, 0.25) is 0 Å². The van der Waals surface area contributed by atoms with Crippen LogP contribution >= 0.6 is 15.9 Å². The molecule has 0 spiro atoms. The van der Waals surface area contributed by atoms with E-state index in [1.54, 1.807) is 0 Å². The molecule has 70 valence electrons. The summed E-state index contributed by atoms with van der Waals surface area (Å²) in [7, 11) is 0. The van der Waals surface area contributed by atoms with E-state index >= 15 is 0 Å². The Bertz CT molecular complexity index is 334. The Hall–Kier alpha value is -1.24. The van der Waals surface area contributed by atoms with Gasteiger partial charge in [-0.25, -0.2) is 9.37 Å². The van der Waals surface area contributed by atoms with Crippen LogP contribution in [0.4, 0.5) is 10.1 Å². The van der Waals surface area contributed by atoms with E-state index in [0.717, 1.165) is 0 Å². The molecule has 0 amide bonds. The van der Waals surface area contributed by atoms with Crippen molar-refractivity contribution in [3.05, 3.63) is 26.9 Å². The number of ether oxygens (including phenoxy) is 1. The van der Waals surface area contributed by atoms with E-state index in [2.05, 4.69) is 25.7 Å². The standard InChI is InChI=1S/C6H4BrFN2O3/c7-4-1-2-9-6(13-3-8)5(4)10(11)12/h1-2H,3H2. The molecule has 0 unspecified atom stereocenters. The van der Waals surface area contributed by atoms with Crippen molar-refractivity contribution in [3.63, 3.8) is 0 Å². The van der Waals surface area contributed by atoms with Gasteiger partial charge >= 0.3 is 5.69 Å². The molecule has 13 heavy (non-hydrogen) atoms. The predicted octanol–water partition coefficient (Wildman–Crippen LogP) is 2.06. The van der Waals surface area contributed by atoms with Gasteiger partial charge in [0.05, 0.1) is 4.92 Å². The third kappa shape index (κ3) is 2.11. The predicted molar refractivity (Wildman–Crippen MR) is 45.2 cm³/mol. The van der Waals surface area contributed by atoms with E-state index in [0.29, 0.717) is 0 Å². The highest BCUT2D eigenvalue weighted by atomic mass is 79.9. The zero-order valence-electron chi connectivity index (χ0n) is 6.24. The third-order valence-corrected chi connectivity index (χ3v) is 1.86. The van der Waals surface area contributed by atoms with Crippen LogP contribution in [-0.2, 0) is 0 Å². The van der Waals surface area contributed by atoms with E-state index in [1.807, 2.05) is 0 Å². The van der Waals surface area contributed by atoms with Gasteiger partial charge in [0.2, 0.25) is 6.86 Å². The molecule has 0 aliphatic carbocycles. The van der Waals surface area contributed by atoms with Crippen molar-refractivity contribution >= 4 is 21.6 Å². The van der Waals surface area contributed by atoms with Crippen molar-refractivity contribution in [1.29, 1.82) is 0 Å². The maximum atomic E-state index is 11.8. The molecule has 0 N–H and O–H groups in total. The van der Waals surface area contributed by atoms with Gasteiger partial charge in [-0.1, -0.05) is 0 Å². The molecule has 0 radical (unpaired) electrons. The Labute approximate surface area is 80.8 Å². The lowest BCUT2D eigenvalue weighted by molar-refractivity contribution is -0.387. The molecule has 0 bridgehead atoms. The van der Waals surface area contributed by atoms with Gasteiger partial charge in [0.1, 0.15) is 4.47 Å². The summed E-state index contributed by atoms with van der Waals surface area (Å²) in [6.07, 6.45) is 1.28. The maximum Gasteiger partial charge on any atom is 0.345 e. The summed E-state index contributed by atoms with van der Waals surface area (Å²) >= 11 is 2.93. The molecular weight excluding hydrogens is 247 g/mol. The molecule has 5 nitrogen and oxygen atoms in total. The first kappa shape index (κ1) is 9.85. The topological polar surface area (TPSA) is 65.3 Å². The molecule has 1 heterocycles. The van der Waals surface area contributed by atoms with Crippen LogP contribution < -0.4 is 4.74 Å². The van der Waals surface area contributed by atoms with Gasteiger partial charge in [-0.3, -0.25) is 10.1 Å². The fourth-order valence-electron chi connectivity index (χ4n) is 0.735. The number of nitro groups is 1. The monoisotopic (exact) mass is 250 g/mol. The molecule has 1 rings (SSSR count). The first-order valence-corrected chi connectivity index (χ1v) is 3.93. The van der Waals surface area contributed by atoms with Crippen LogP contribution in [0.25, 0.3) is 0 Å². The molecule has 0 fully saturated rings. The minimum atomic E-state index is -1.15. The van der Waals surface area contributed by atoms with Crippen molar-refractivity contribution < 1.29 is 14.1 Å². The van der Waals surface area contributed by atoms with Crippen LogP contribution in [0, 0.1) is 10.1 Å². The van der Waals surface area contributed by atoms with Crippen LogP contribution in [0.5, 0.6) is 5.88 Å². The largest absolute Gasteiger partial charge is 0.441 e. The second kappa shape index (κ2) is 4.13. The highest BCUT2D eigenvalue weighted by Crippen LogP contribution is 2.32. The lowest BCUT2D eigenvalue weighted by atomic mass is 10.4. The molecule has 0 aromatic carbocycles. The minimum absolute atomic E-state index is 0.205. The van der Waals surface area contributed by atoms with E-state index in [9.17, 15) is 14.5 Å². The molecule has 1 aromatic heterocycles. The van der Waals surface area contributed by atoms with Crippen LogP contribution in [0.3, 0.4) is 0 Å². The summed E-state index contributed by atoms with van der Waals surface area (Å²) in [5.41, 5.74) is -0.375. The van der Waals surface area contributed by atoms with E-state index in [1.165, 1.54) is 12.3 Å². The van der Waals surface area contributed by atoms with Crippen molar-refractivity contribution in [1.82, 2.24) is 4.98 Å². The van der Waals surface area contributed by atoms with Gasteiger partial charge in [-0.2, -0.15) is 0 Å². The van der Waals surface area contributed by atoms with E-state index in [4.69, 9.17) is 0 Å². The van der Waals surface area contributed by atoms with Gasteiger partial charge in [0.25, 0.3) is 5.88 Å². The average Bonchev–Trinajstić information content (AvgIpc) is 2.04. The van der Waals surface area contributed by atoms with Crippen LogP contribution in [-0.4, -0.2) is 16.8 Å². The zero-order chi connectivity index (χ0) is 9.84. The first-order valence-electron chi connectivity index (χ1n) is 3.14. The number of halogens is 2. The number of rotatable bonds is 3. The second-order valence-corrected chi connectivity index (χ2v) is 2.81. The Morgan fingerprint density at radius 1 is 1.77 bits per heavy atom. The highest BCUT2D eigenvalue weighted by molar-refractivity contribution is 9.10. The SMILES string of the molecule is O=[N+]([O-])c1c(Br)ccnc1OCF. The Morgan fingerprint density at radius 2 is 2.46 bits per heavy atom. The molecule has 0 aliphatic heterocycles. The Balaban J connectivity index is 3.17. The number of alkyl halides is 1. The summed E-state index contributed by atoms with van der Waals surface area (Å²) in [5.74, 6) is -0.332. The lowest BCUT2D eigenvalue weighted by Gasteiger charge is -2.01. The van der Waals surface area contributed by atoms with Crippen LogP contribution in [0.15, 0.2) is 16.7 Å². The van der Waals surface area contributed by atoms with Gasteiger partial charge in [-0.15, -0.1) is 0 Å². The zero-order valence-corrected chi connectivity index (χ0v) is 7.82. The van der Waals surface area contributed by atoms with Crippen molar-refractivity contribution in [2.24, 2.45) is 0 Å². The summed E-state index contributed by atoms with van der Waals surface area (Å²) in [6, 6.07) is 1.38. The summed E-state index contributed by atoms with van der Waals surface area (Å²) in [4.78, 5) is 13.3. The molecule has 0 aliphatic rings. The number of hydrogen-bond donors (Lipinski definition) is 0. The van der Waals surface area contributed by atoms with Crippen molar-refractivity contribution in [2.45, 2.75) is 0 Å². The van der Waals surface area contributed by atoms with Gasteiger partial charge in [0.15, 0.2) is 0 Å². The number of pyridine rings is 1. The third-order valence-electron chi connectivity index (χ3n) is 1.22. The molecule has 0 saturated heterocycles. The van der Waals surface area contributed by atoms with Gasteiger partial charge in [0, 0.05) is 6.20 Å². The molecule has 0 saturated carbocycles. The summed E-state index contributed by atoms with van der Waals surface area (Å²) in [5, 5.41) is 10.5. The fourth-order valence-corrected chi connectivity index (χ4v) is 1.17. The molecular formula is C6H4BrFN2O3. The van der Waals surface area contributed by atoms with Gasteiger partial charge < -0.3 is 4.74 Å². The summed E-state index contributed by atoms with van der Waals surface area (Å²) in [6.45, 7) is -1.15. The Morgan fingerprint density at radius 3 is 3.00 bits per heavy atom. The first-order chi connectivity index (χ1) is 6.16. The van der Waals surface area contributed by atoms with Crippen LogP contribution in [0.1, 0.15) is 0 Å². The number of hydrogen-bond acceptors (Lipinski definition) is 4. The smallest absolute Gasteiger partial charge is 0.345 e. The fraction of sp³-hybridized carbons (Fsp3) is 0.167. The Kier molecular flexibility index (Phi) is 3.13. The minimum Gasteiger partial charge on any atom is -0.441 e.